The number of nitrogens with zero attached hydrogens (tertiary/aromatic N) is 3. The number of carbonyl (C=O) groups is 1. The number of amides is 1. The summed E-state index contributed by atoms with van der Waals surface area (Å²) in [6.45, 7) is 4.10. The molecule has 2 aromatic carbocycles. The normalized spacial score (nSPS) is 10.6. The minimum absolute atomic E-state index is 0.0640. The molecule has 3 aromatic rings. The van der Waals surface area contributed by atoms with Crippen molar-refractivity contribution in [1.82, 2.24) is 9.55 Å². The molecule has 0 bridgehead atoms. The SMILES string of the molecule is Cc1cccc(-n2ccnc2SCC(=O)Nc2cccc([N+](=O)[O-])c2)c1C. The van der Waals surface area contributed by atoms with Gasteiger partial charge in [0.1, 0.15) is 0 Å². The van der Waals surface area contributed by atoms with Crippen LogP contribution in [-0.2, 0) is 4.79 Å². The number of benzene rings is 2. The van der Waals surface area contributed by atoms with Gasteiger partial charge in [0, 0.05) is 30.2 Å². The van der Waals surface area contributed by atoms with E-state index in [1.54, 1.807) is 12.3 Å². The number of anilines is 1. The van der Waals surface area contributed by atoms with Crippen molar-refractivity contribution in [2.45, 2.75) is 19.0 Å². The van der Waals surface area contributed by atoms with Crippen LogP contribution in [0.1, 0.15) is 11.1 Å². The molecule has 0 saturated carbocycles. The van der Waals surface area contributed by atoms with Crippen LogP contribution in [0, 0.1) is 24.0 Å². The summed E-state index contributed by atoms with van der Waals surface area (Å²) in [5.74, 6) is -0.110. The molecule has 0 aliphatic rings. The molecule has 0 unspecified atom stereocenters. The van der Waals surface area contributed by atoms with E-state index in [1.165, 1.54) is 35.5 Å². The van der Waals surface area contributed by atoms with Gasteiger partial charge in [0.05, 0.1) is 16.4 Å². The number of hydrogen-bond donors (Lipinski definition) is 1. The fourth-order valence-electron chi connectivity index (χ4n) is 2.60. The van der Waals surface area contributed by atoms with Gasteiger partial charge in [-0.3, -0.25) is 19.5 Å². The fourth-order valence-corrected chi connectivity index (χ4v) is 3.37. The van der Waals surface area contributed by atoms with E-state index in [0.717, 1.165) is 11.3 Å². The Kier molecular flexibility index (Phi) is 5.56. The molecule has 27 heavy (non-hydrogen) atoms. The van der Waals surface area contributed by atoms with Crippen LogP contribution >= 0.6 is 11.8 Å². The van der Waals surface area contributed by atoms with Gasteiger partial charge in [0.2, 0.25) is 5.91 Å². The van der Waals surface area contributed by atoms with Crippen molar-refractivity contribution in [2.75, 3.05) is 11.1 Å². The van der Waals surface area contributed by atoms with Gasteiger partial charge in [-0.1, -0.05) is 30.0 Å². The third-order valence-electron chi connectivity index (χ3n) is 4.12. The number of aromatic nitrogens is 2. The lowest BCUT2D eigenvalue weighted by Gasteiger charge is -2.12. The van der Waals surface area contributed by atoms with Crippen molar-refractivity contribution in [3.63, 3.8) is 0 Å². The molecule has 1 amide bonds. The molecule has 138 valence electrons. The largest absolute Gasteiger partial charge is 0.325 e. The smallest absolute Gasteiger partial charge is 0.271 e. The Morgan fingerprint density at radius 3 is 2.81 bits per heavy atom. The predicted molar refractivity (Wildman–Crippen MR) is 105 cm³/mol. The van der Waals surface area contributed by atoms with Crippen LogP contribution in [0.3, 0.4) is 0 Å². The molecular weight excluding hydrogens is 364 g/mol. The topological polar surface area (TPSA) is 90.1 Å². The first-order chi connectivity index (χ1) is 13.0. The minimum atomic E-state index is -0.495. The molecule has 0 aliphatic carbocycles. The molecule has 1 heterocycles. The highest BCUT2D eigenvalue weighted by Crippen LogP contribution is 2.24. The van der Waals surface area contributed by atoms with E-state index in [9.17, 15) is 14.9 Å². The van der Waals surface area contributed by atoms with E-state index in [1.807, 2.05) is 29.8 Å². The van der Waals surface area contributed by atoms with E-state index < -0.39 is 4.92 Å². The van der Waals surface area contributed by atoms with E-state index in [0.29, 0.717) is 10.8 Å². The Labute approximate surface area is 160 Å². The molecule has 0 aliphatic heterocycles. The number of imidazole rings is 1. The summed E-state index contributed by atoms with van der Waals surface area (Å²) < 4.78 is 1.95. The molecule has 8 heteroatoms. The lowest BCUT2D eigenvalue weighted by atomic mass is 10.1. The summed E-state index contributed by atoms with van der Waals surface area (Å²) in [5, 5.41) is 14.2. The van der Waals surface area contributed by atoms with Gasteiger partial charge in [0.25, 0.3) is 5.69 Å². The van der Waals surface area contributed by atoms with Crippen molar-refractivity contribution < 1.29 is 9.72 Å². The van der Waals surface area contributed by atoms with Crippen molar-refractivity contribution in [1.29, 1.82) is 0 Å². The number of nitro benzene ring substituents is 1. The first kappa shape index (κ1) is 18.7. The lowest BCUT2D eigenvalue weighted by molar-refractivity contribution is -0.384. The van der Waals surface area contributed by atoms with Crippen molar-refractivity contribution in [2.24, 2.45) is 0 Å². The number of carbonyl (C=O) groups excluding carboxylic acids is 1. The van der Waals surface area contributed by atoms with Crippen LogP contribution in [0.2, 0.25) is 0 Å². The zero-order valence-electron chi connectivity index (χ0n) is 14.9. The summed E-state index contributed by atoms with van der Waals surface area (Å²) in [5.41, 5.74) is 3.69. The van der Waals surface area contributed by atoms with Crippen molar-refractivity contribution >= 4 is 29.0 Å². The summed E-state index contributed by atoms with van der Waals surface area (Å²) in [7, 11) is 0. The van der Waals surface area contributed by atoms with Crippen LogP contribution in [0.15, 0.2) is 60.0 Å². The van der Waals surface area contributed by atoms with Gasteiger partial charge in [-0.15, -0.1) is 0 Å². The van der Waals surface area contributed by atoms with E-state index in [-0.39, 0.29) is 17.3 Å². The Morgan fingerprint density at radius 2 is 2.04 bits per heavy atom. The Morgan fingerprint density at radius 1 is 1.26 bits per heavy atom. The number of nitro groups is 1. The standard InChI is InChI=1S/C19H18N4O3S/c1-13-5-3-8-17(14(13)2)22-10-9-20-19(22)27-12-18(24)21-15-6-4-7-16(11-15)23(25)26/h3-11H,12H2,1-2H3,(H,21,24). The molecule has 0 atom stereocenters. The second-order valence-electron chi connectivity index (χ2n) is 5.94. The molecule has 1 N–H and O–H groups in total. The molecule has 7 nitrogen and oxygen atoms in total. The van der Waals surface area contributed by atoms with Crippen LogP contribution in [0.25, 0.3) is 5.69 Å². The van der Waals surface area contributed by atoms with E-state index in [2.05, 4.69) is 23.3 Å². The number of nitrogens with one attached hydrogen (secondary N) is 1. The molecule has 0 spiro atoms. The van der Waals surface area contributed by atoms with Crippen molar-refractivity contribution in [3.8, 4) is 5.69 Å². The number of rotatable bonds is 6. The molecule has 1 aromatic heterocycles. The second-order valence-corrected chi connectivity index (χ2v) is 6.89. The van der Waals surface area contributed by atoms with Gasteiger partial charge in [-0.05, 0) is 37.1 Å². The zero-order chi connectivity index (χ0) is 19.4. The van der Waals surface area contributed by atoms with Gasteiger partial charge in [-0.25, -0.2) is 4.98 Å². The van der Waals surface area contributed by atoms with Crippen LogP contribution in [0.4, 0.5) is 11.4 Å². The third-order valence-corrected chi connectivity index (χ3v) is 5.08. The first-order valence-corrected chi connectivity index (χ1v) is 9.21. The predicted octanol–water partition coefficient (Wildman–Crippen LogP) is 4.13. The van der Waals surface area contributed by atoms with Crippen LogP contribution < -0.4 is 5.32 Å². The molecule has 3 rings (SSSR count). The highest BCUT2D eigenvalue weighted by atomic mass is 32.2. The molecule has 0 fully saturated rings. The first-order valence-electron chi connectivity index (χ1n) is 8.23. The van der Waals surface area contributed by atoms with Gasteiger partial charge in [-0.2, -0.15) is 0 Å². The molecular formula is C19H18N4O3S. The summed E-state index contributed by atoms with van der Waals surface area (Å²) in [6, 6.07) is 11.9. The van der Waals surface area contributed by atoms with E-state index in [4.69, 9.17) is 0 Å². The van der Waals surface area contributed by atoms with Gasteiger partial charge >= 0.3 is 0 Å². The minimum Gasteiger partial charge on any atom is -0.325 e. The summed E-state index contributed by atoms with van der Waals surface area (Å²) in [6.07, 6.45) is 3.56. The van der Waals surface area contributed by atoms with Crippen LogP contribution in [-0.4, -0.2) is 26.1 Å². The number of aryl methyl sites for hydroxylation is 1. The number of thioether (sulfide) groups is 1. The highest BCUT2D eigenvalue weighted by Gasteiger charge is 2.12. The van der Waals surface area contributed by atoms with E-state index >= 15 is 0 Å². The maximum atomic E-state index is 12.2. The van der Waals surface area contributed by atoms with Gasteiger partial charge in [0.15, 0.2) is 5.16 Å². The summed E-state index contributed by atoms with van der Waals surface area (Å²) in [4.78, 5) is 26.9. The Balaban J connectivity index is 1.68. The number of hydrogen-bond acceptors (Lipinski definition) is 5. The Bertz CT molecular complexity index is 1000. The monoisotopic (exact) mass is 382 g/mol. The Hall–Kier alpha value is -3.13. The second kappa shape index (κ2) is 8.05. The average Bonchev–Trinajstić information content (AvgIpc) is 3.11. The number of non-ortho nitro benzene ring substituents is 1. The van der Waals surface area contributed by atoms with Crippen LogP contribution in [0.5, 0.6) is 0 Å². The molecule has 0 radical (unpaired) electrons. The lowest BCUT2D eigenvalue weighted by Crippen LogP contribution is -2.14. The highest BCUT2D eigenvalue weighted by molar-refractivity contribution is 7.99. The maximum Gasteiger partial charge on any atom is 0.271 e. The maximum absolute atomic E-state index is 12.2. The average molecular weight is 382 g/mol. The fraction of sp³-hybridized carbons (Fsp3) is 0.158. The van der Waals surface area contributed by atoms with Crippen molar-refractivity contribution in [3.05, 3.63) is 76.1 Å². The zero-order valence-corrected chi connectivity index (χ0v) is 15.7. The molecule has 0 saturated heterocycles. The van der Waals surface area contributed by atoms with Gasteiger partial charge < -0.3 is 5.32 Å². The summed E-state index contributed by atoms with van der Waals surface area (Å²) >= 11 is 1.31. The quantitative estimate of drug-likeness (QED) is 0.393. The third kappa shape index (κ3) is 4.35.